The van der Waals surface area contributed by atoms with Crippen molar-refractivity contribution in [3.63, 3.8) is 0 Å². The van der Waals surface area contributed by atoms with E-state index in [9.17, 15) is 9.59 Å². The van der Waals surface area contributed by atoms with Crippen LogP contribution in [0.1, 0.15) is 6.92 Å². The van der Waals surface area contributed by atoms with Gasteiger partial charge in [-0.2, -0.15) is 0 Å². The number of hydrogen-bond acceptors (Lipinski definition) is 6. The average molecular weight is 315 g/mol. The van der Waals surface area contributed by atoms with Crippen molar-refractivity contribution >= 4 is 45.5 Å². The zero-order chi connectivity index (χ0) is 15.7. The lowest BCUT2D eigenvalue weighted by Gasteiger charge is -2.10. The molecule has 22 heavy (non-hydrogen) atoms. The van der Waals surface area contributed by atoms with Crippen molar-refractivity contribution in [2.24, 2.45) is 0 Å². The molecule has 0 radical (unpaired) electrons. The van der Waals surface area contributed by atoms with Gasteiger partial charge in [-0.1, -0.05) is 23.9 Å². The monoisotopic (exact) mass is 315 g/mol. The van der Waals surface area contributed by atoms with Crippen molar-refractivity contribution in [2.75, 3.05) is 7.05 Å². The van der Waals surface area contributed by atoms with E-state index in [2.05, 4.69) is 15.3 Å². The van der Waals surface area contributed by atoms with Crippen molar-refractivity contribution in [1.29, 1.82) is 0 Å². The maximum Gasteiger partial charge on any atom is 0.240 e. The summed E-state index contributed by atoms with van der Waals surface area (Å²) in [6, 6.07) is 7.51. The lowest BCUT2D eigenvalue weighted by atomic mass is 10.2. The molecule has 0 saturated carbocycles. The number of Topliss-reactive ketones (excluding diaryl/α,β-unsaturated/α-hetero) is 1. The predicted molar refractivity (Wildman–Crippen MR) is 83.7 cm³/mol. The number of nitrogens with one attached hydrogen (secondary N) is 1. The highest BCUT2D eigenvalue weighted by molar-refractivity contribution is 8.01. The molecule has 2 heterocycles. The third-order valence-corrected chi connectivity index (χ3v) is 4.50. The van der Waals surface area contributed by atoms with Gasteiger partial charge in [-0.15, -0.1) is 0 Å². The Kier molecular flexibility index (Phi) is 3.81. The van der Waals surface area contributed by atoms with Crippen LogP contribution >= 0.6 is 11.8 Å². The summed E-state index contributed by atoms with van der Waals surface area (Å²) in [7, 11) is 1.50. The van der Waals surface area contributed by atoms with Gasteiger partial charge in [-0.05, 0) is 19.1 Å². The summed E-state index contributed by atoms with van der Waals surface area (Å²) in [5.41, 5.74) is 1.86. The summed E-state index contributed by atoms with van der Waals surface area (Å²) in [4.78, 5) is 32.0. The Morgan fingerprint density at radius 2 is 2.05 bits per heavy atom. The standard InChI is InChI=1S/C15H13N3O3S/c1-8(19)13(14(20)16-2)22-15-12-11(17-7-18-15)9-5-3-4-6-10(9)21-12/h3-7,13H,1-2H3,(H,16,20). The Balaban J connectivity index is 2.11. The van der Waals surface area contributed by atoms with E-state index in [-0.39, 0.29) is 11.7 Å². The molecule has 1 unspecified atom stereocenters. The van der Waals surface area contributed by atoms with Crippen LogP contribution in [0.2, 0.25) is 0 Å². The molecule has 3 aromatic rings. The number of ketones is 1. The van der Waals surface area contributed by atoms with Gasteiger partial charge in [0.1, 0.15) is 27.7 Å². The summed E-state index contributed by atoms with van der Waals surface area (Å²) < 4.78 is 5.79. The van der Waals surface area contributed by atoms with Gasteiger partial charge < -0.3 is 9.73 Å². The third kappa shape index (κ3) is 2.43. The van der Waals surface area contributed by atoms with Gasteiger partial charge >= 0.3 is 0 Å². The van der Waals surface area contributed by atoms with Gasteiger partial charge in [-0.3, -0.25) is 9.59 Å². The largest absolute Gasteiger partial charge is 0.451 e. The maximum atomic E-state index is 11.8. The Morgan fingerprint density at radius 1 is 1.27 bits per heavy atom. The van der Waals surface area contributed by atoms with E-state index in [1.165, 1.54) is 20.3 Å². The van der Waals surface area contributed by atoms with Crippen molar-refractivity contribution in [2.45, 2.75) is 17.2 Å². The molecule has 1 atom stereocenters. The van der Waals surface area contributed by atoms with Crippen molar-refractivity contribution < 1.29 is 14.0 Å². The molecule has 1 N–H and O–H groups in total. The quantitative estimate of drug-likeness (QED) is 0.451. The van der Waals surface area contributed by atoms with Crippen LogP contribution in [0.25, 0.3) is 22.1 Å². The molecule has 0 aliphatic rings. The van der Waals surface area contributed by atoms with Gasteiger partial charge in [0.05, 0.1) is 0 Å². The molecule has 112 valence electrons. The van der Waals surface area contributed by atoms with Crippen LogP contribution in [0.5, 0.6) is 0 Å². The Labute approximate surface area is 130 Å². The molecule has 0 fully saturated rings. The van der Waals surface area contributed by atoms with Crippen molar-refractivity contribution in [3.8, 4) is 0 Å². The van der Waals surface area contributed by atoms with E-state index in [1.807, 2.05) is 24.3 Å². The number of fused-ring (bicyclic) bond motifs is 3. The van der Waals surface area contributed by atoms with Gasteiger partial charge in [0, 0.05) is 12.4 Å². The second-order valence-corrected chi connectivity index (χ2v) is 5.77. The number of benzene rings is 1. The SMILES string of the molecule is CNC(=O)C(Sc1ncnc2c1oc1ccccc12)C(C)=O. The second-order valence-electron chi connectivity index (χ2n) is 4.68. The first kappa shape index (κ1) is 14.5. The molecule has 7 heteroatoms. The molecule has 0 aliphatic heterocycles. The van der Waals surface area contributed by atoms with E-state index in [0.29, 0.717) is 21.7 Å². The fourth-order valence-electron chi connectivity index (χ4n) is 2.15. The highest BCUT2D eigenvalue weighted by Crippen LogP contribution is 2.34. The number of amides is 1. The summed E-state index contributed by atoms with van der Waals surface area (Å²) in [6.07, 6.45) is 1.41. The molecular weight excluding hydrogens is 302 g/mol. The average Bonchev–Trinajstić information content (AvgIpc) is 2.91. The first-order valence-electron chi connectivity index (χ1n) is 6.62. The van der Waals surface area contributed by atoms with Crippen molar-refractivity contribution in [3.05, 3.63) is 30.6 Å². The van der Waals surface area contributed by atoms with E-state index in [4.69, 9.17) is 4.42 Å². The number of rotatable bonds is 4. The molecule has 2 aromatic heterocycles. The number of carbonyl (C=O) groups is 2. The number of hydrogen-bond donors (Lipinski definition) is 1. The molecule has 1 aromatic carbocycles. The molecule has 0 saturated heterocycles. The molecular formula is C15H13N3O3S. The number of aromatic nitrogens is 2. The summed E-state index contributed by atoms with van der Waals surface area (Å²) in [5, 5.41) is 2.97. The van der Waals surface area contributed by atoms with E-state index in [1.54, 1.807) is 0 Å². The smallest absolute Gasteiger partial charge is 0.240 e. The van der Waals surface area contributed by atoms with Gasteiger partial charge in [-0.25, -0.2) is 9.97 Å². The summed E-state index contributed by atoms with van der Waals surface area (Å²) in [5.74, 6) is -0.604. The molecule has 0 aliphatic carbocycles. The first-order valence-corrected chi connectivity index (χ1v) is 7.50. The predicted octanol–water partition coefficient (Wildman–Crippen LogP) is 2.17. The number of nitrogens with zero attached hydrogens (tertiary/aromatic N) is 2. The fourth-order valence-corrected chi connectivity index (χ4v) is 3.12. The molecule has 6 nitrogen and oxygen atoms in total. The van der Waals surface area contributed by atoms with E-state index >= 15 is 0 Å². The number of carbonyl (C=O) groups excluding carboxylic acids is 2. The van der Waals surface area contributed by atoms with Crippen LogP contribution < -0.4 is 5.32 Å². The third-order valence-electron chi connectivity index (χ3n) is 3.21. The molecule has 3 rings (SSSR count). The summed E-state index contributed by atoms with van der Waals surface area (Å²) >= 11 is 1.07. The zero-order valence-electron chi connectivity index (χ0n) is 12.0. The maximum absolute atomic E-state index is 11.8. The highest BCUT2D eigenvalue weighted by atomic mass is 32.2. The lowest BCUT2D eigenvalue weighted by molar-refractivity contribution is -0.126. The molecule has 0 bridgehead atoms. The van der Waals surface area contributed by atoms with Crippen LogP contribution in [0, 0.1) is 0 Å². The molecule has 1 amide bonds. The minimum Gasteiger partial charge on any atom is -0.451 e. The van der Waals surface area contributed by atoms with E-state index in [0.717, 1.165) is 17.1 Å². The number of para-hydroxylation sites is 1. The van der Waals surface area contributed by atoms with Crippen LogP contribution in [0.3, 0.4) is 0 Å². The Bertz CT molecular complexity index is 875. The minimum absolute atomic E-state index is 0.243. The number of furan rings is 1. The Hall–Kier alpha value is -2.41. The summed E-state index contributed by atoms with van der Waals surface area (Å²) in [6.45, 7) is 1.38. The van der Waals surface area contributed by atoms with Crippen LogP contribution in [0.15, 0.2) is 40.0 Å². The second kappa shape index (κ2) is 5.76. The van der Waals surface area contributed by atoms with Gasteiger partial charge in [0.2, 0.25) is 5.91 Å². The minimum atomic E-state index is -0.865. The zero-order valence-corrected chi connectivity index (χ0v) is 12.8. The van der Waals surface area contributed by atoms with Gasteiger partial charge in [0.25, 0.3) is 0 Å². The topological polar surface area (TPSA) is 85.1 Å². The van der Waals surface area contributed by atoms with Crippen LogP contribution in [-0.4, -0.2) is 34.0 Å². The van der Waals surface area contributed by atoms with Crippen molar-refractivity contribution in [1.82, 2.24) is 15.3 Å². The molecule has 0 spiro atoms. The fraction of sp³-hybridized carbons (Fsp3) is 0.200. The first-order chi connectivity index (χ1) is 10.6. The highest BCUT2D eigenvalue weighted by Gasteiger charge is 2.26. The van der Waals surface area contributed by atoms with Crippen LogP contribution in [-0.2, 0) is 9.59 Å². The van der Waals surface area contributed by atoms with Crippen LogP contribution in [0.4, 0.5) is 0 Å². The lowest BCUT2D eigenvalue weighted by Crippen LogP contribution is -2.34. The van der Waals surface area contributed by atoms with E-state index < -0.39 is 5.25 Å². The van der Waals surface area contributed by atoms with Gasteiger partial charge in [0.15, 0.2) is 11.4 Å². The Morgan fingerprint density at radius 3 is 2.77 bits per heavy atom. The number of thioether (sulfide) groups is 1. The normalized spacial score (nSPS) is 12.5.